The first-order valence-electron chi connectivity index (χ1n) is 13.6. The fraction of sp³-hybridized carbons (Fsp3) is 0.714. The van der Waals surface area contributed by atoms with Crippen LogP contribution < -0.4 is 0 Å². The minimum absolute atomic E-state index is 0.0237. The molecule has 226 valence electrons. The second-order valence-electron chi connectivity index (χ2n) is 13.4. The number of carbonyl (C=O) groups is 2. The highest BCUT2D eigenvalue weighted by molar-refractivity contribution is 7.89. The summed E-state index contributed by atoms with van der Waals surface area (Å²) in [5.74, 6) is -0.838. The maximum atomic E-state index is 13.9. The van der Waals surface area contributed by atoms with Crippen molar-refractivity contribution in [1.82, 2.24) is 14.1 Å². The summed E-state index contributed by atoms with van der Waals surface area (Å²) < 4.78 is 66.7. The highest BCUT2D eigenvalue weighted by atomic mass is 32.2. The number of hydrogen-bond acceptors (Lipinski definition) is 4. The van der Waals surface area contributed by atoms with Crippen LogP contribution in [0.3, 0.4) is 0 Å². The number of alkyl halides is 3. The van der Waals surface area contributed by atoms with Gasteiger partial charge < -0.3 is 14.9 Å². The van der Waals surface area contributed by atoms with E-state index in [-0.39, 0.29) is 53.7 Å². The molecule has 1 N–H and O–H groups in total. The Morgan fingerprint density at radius 1 is 1.02 bits per heavy atom. The molecule has 8 nitrogen and oxygen atoms in total. The fourth-order valence-corrected chi connectivity index (χ4v) is 7.65. The Bertz CT molecular complexity index is 1190. The van der Waals surface area contributed by atoms with Crippen molar-refractivity contribution >= 4 is 22.0 Å². The summed E-state index contributed by atoms with van der Waals surface area (Å²) in [7, 11) is -2.30. The smallest absolute Gasteiger partial charge is 0.416 e. The maximum absolute atomic E-state index is 13.9. The van der Waals surface area contributed by atoms with Crippen LogP contribution in [0.1, 0.15) is 66.4 Å². The molecule has 2 aliphatic rings. The molecule has 0 unspecified atom stereocenters. The highest BCUT2D eigenvalue weighted by Crippen LogP contribution is 2.43. The van der Waals surface area contributed by atoms with Gasteiger partial charge in [0.25, 0.3) is 0 Å². The lowest BCUT2D eigenvalue weighted by atomic mass is 9.83. The van der Waals surface area contributed by atoms with Crippen molar-refractivity contribution in [3.05, 3.63) is 29.8 Å². The van der Waals surface area contributed by atoms with Crippen LogP contribution in [0, 0.1) is 23.2 Å². The van der Waals surface area contributed by atoms with Crippen molar-refractivity contribution in [3.8, 4) is 0 Å². The summed E-state index contributed by atoms with van der Waals surface area (Å²) in [5.41, 5.74) is -1.85. The van der Waals surface area contributed by atoms with E-state index in [1.807, 2.05) is 20.8 Å². The maximum Gasteiger partial charge on any atom is 0.416 e. The molecule has 40 heavy (non-hydrogen) atoms. The van der Waals surface area contributed by atoms with E-state index in [2.05, 4.69) is 0 Å². The molecule has 0 aromatic heterocycles. The number of sulfonamides is 1. The van der Waals surface area contributed by atoms with E-state index in [4.69, 9.17) is 0 Å². The van der Waals surface area contributed by atoms with Crippen LogP contribution in [0.2, 0.25) is 0 Å². The van der Waals surface area contributed by atoms with Gasteiger partial charge in [0.1, 0.15) is 0 Å². The molecule has 1 saturated carbocycles. The van der Waals surface area contributed by atoms with E-state index in [9.17, 15) is 36.3 Å². The fourth-order valence-electron chi connectivity index (χ4n) is 6.12. The number of fused-ring (bicyclic) bond motifs is 1. The van der Waals surface area contributed by atoms with Crippen LogP contribution >= 0.6 is 0 Å². The molecular weight excluding hydrogens is 547 g/mol. The lowest BCUT2D eigenvalue weighted by molar-refractivity contribution is -0.139. The van der Waals surface area contributed by atoms with E-state index in [1.54, 1.807) is 32.7 Å². The molecule has 0 spiro atoms. The molecule has 12 heteroatoms. The van der Waals surface area contributed by atoms with E-state index in [0.717, 1.165) is 30.7 Å². The third kappa shape index (κ3) is 7.10. The first kappa shape index (κ1) is 32.2. The van der Waals surface area contributed by atoms with Crippen molar-refractivity contribution in [2.45, 2.75) is 83.5 Å². The van der Waals surface area contributed by atoms with Gasteiger partial charge in [-0.1, -0.05) is 20.8 Å². The van der Waals surface area contributed by atoms with Gasteiger partial charge in [-0.25, -0.2) is 13.2 Å². The van der Waals surface area contributed by atoms with E-state index < -0.39 is 39.3 Å². The Labute approximate surface area is 235 Å². The van der Waals surface area contributed by atoms with E-state index in [1.165, 1.54) is 9.21 Å². The van der Waals surface area contributed by atoms with Gasteiger partial charge >= 0.3 is 12.3 Å². The number of halogens is 3. The minimum atomic E-state index is -4.56. The lowest BCUT2D eigenvalue weighted by Gasteiger charge is -2.39. The molecule has 1 heterocycles. The predicted octanol–water partition coefficient (Wildman–Crippen LogP) is 5.39. The Morgan fingerprint density at radius 3 is 2.08 bits per heavy atom. The molecule has 1 aromatic carbocycles. The number of amides is 2. The van der Waals surface area contributed by atoms with Crippen molar-refractivity contribution in [2.24, 2.45) is 23.2 Å². The van der Waals surface area contributed by atoms with Crippen molar-refractivity contribution in [2.75, 3.05) is 26.7 Å². The van der Waals surface area contributed by atoms with Gasteiger partial charge in [0.2, 0.25) is 15.9 Å². The Balaban J connectivity index is 1.79. The van der Waals surface area contributed by atoms with Gasteiger partial charge in [0.15, 0.2) is 0 Å². The number of rotatable bonds is 7. The number of benzene rings is 1. The molecule has 0 bridgehead atoms. The minimum Gasteiger partial charge on any atom is -0.465 e. The number of nitrogens with zero attached hydrogens (tertiary/aromatic N) is 3. The number of carbonyl (C=O) groups excluding carboxylic acids is 1. The van der Waals surface area contributed by atoms with Gasteiger partial charge in [0.05, 0.1) is 16.4 Å². The average Bonchev–Trinajstić information content (AvgIpc) is 3.40. The van der Waals surface area contributed by atoms with Gasteiger partial charge in [-0.05, 0) is 81.5 Å². The summed E-state index contributed by atoms with van der Waals surface area (Å²) in [6.07, 6.45) is -3.75. The van der Waals surface area contributed by atoms with Gasteiger partial charge in [-0.3, -0.25) is 4.79 Å². The highest BCUT2D eigenvalue weighted by Gasteiger charge is 2.49. The van der Waals surface area contributed by atoms with Crippen molar-refractivity contribution < 1.29 is 36.3 Å². The van der Waals surface area contributed by atoms with E-state index in [0.29, 0.717) is 12.8 Å². The molecule has 4 atom stereocenters. The van der Waals surface area contributed by atoms with Gasteiger partial charge in [-0.15, -0.1) is 0 Å². The SMILES string of the molecule is CN(C(=O)[C@H](CN(C(=O)O)C(C)(C)C)CC(C)(C)C)[C@H]1CC[C@@H]2CN(S(=O)(=O)c3ccc(C(F)(F)F)cc3)C[C@@H]21. The zero-order valence-electron chi connectivity index (χ0n) is 24.3. The third-order valence-corrected chi connectivity index (χ3v) is 9.95. The Hall–Kier alpha value is -2.34. The van der Waals surface area contributed by atoms with Crippen LogP contribution in [0.4, 0.5) is 18.0 Å². The third-order valence-electron chi connectivity index (χ3n) is 8.10. The molecule has 2 amide bonds. The van der Waals surface area contributed by atoms with Crippen molar-refractivity contribution in [3.63, 3.8) is 0 Å². The molecular formula is C28H42F3N3O5S. The van der Waals surface area contributed by atoms with E-state index >= 15 is 0 Å². The topological polar surface area (TPSA) is 98.2 Å². The number of hydrogen-bond donors (Lipinski definition) is 1. The monoisotopic (exact) mass is 589 g/mol. The summed E-state index contributed by atoms with van der Waals surface area (Å²) in [5, 5.41) is 9.85. The molecule has 1 aliphatic carbocycles. The molecule has 3 rings (SSSR count). The van der Waals surface area contributed by atoms with Gasteiger partial charge in [0, 0.05) is 38.3 Å². The van der Waals surface area contributed by atoms with Crippen LogP contribution in [0.25, 0.3) is 0 Å². The normalized spacial score (nSPS) is 23.1. The summed E-state index contributed by atoms with van der Waals surface area (Å²) in [6, 6.07) is 3.29. The van der Waals surface area contributed by atoms with Crippen molar-refractivity contribution in [1.29, 1.82) is 0 Å². The number of carboxylic acid groups (broad SMARTS) is 1. The molecule has 0 radical (unpaired) electrons. The Morgan fingerprint density at radius 2 is 1.60 bits per heavy atom. The second-order valence-corrected chi connectivity index (χ2v) is 15.3. The summed E-state index contributed by atoms with van der Waals surface area (Å²) >= 11 is 0. The standard InChI is InChI=1S/C28H42F3N3O5S/c1-26(2,3)14-19(16-34(25(36)37)27(4,5)6)24(35)32(7)23-13-8-18-15-33(17-22(18)23)40(38,39)21-11-9-20(10-12-21)28(29,30)31/h9-12,18-19,22-23H,8,13-17H2,1-7H3,(H,36,37)/t18-,19+,22+,23+/m1/s1. The first-order chi connectivity index (χ1) is 18.1. The molecule has 1 aromatic rings. The van der Waals surface area contributed by atoms with Gasteiger partial charge in [-0.2, -0.15) is 17.5 Å². The van der Waals surface area contributed by atoms with Crippen LogP contribution in [-0.4, -0.2) is 77.9 Å². The van der Waals surface area contributed by atoms with Crippen LogP contribution in [0.15, 0.2) is 29.2 Å². The zero-order chi connectivity index (χ0) is 30.4. The van der Waals surface area contributed by atoms with Crippen LogP contribution in [-0.2, 0) is 21.0 Å². The molecule has 1 aliphatic heterocycles. The second kappa shape index (κ2) is 11.2. The lowest BCUT2D eigenvalue weighted by Crippen LogP contribution is -2.52. The molecule has 1 saturated heterocycles. The zero-order valence-corrected chi connectivity index (χ0v) is 25.1. The summed E-state index contributed by atoms with van der Waals surface area (Å²) in [4.78, 5) is 28.7. The Kier molecular flexibility index (Phi) is 8.97. The summed E-state index contributed by atoms with van der Waals surface area (Å²) in [6.45, 7) is 11.8. The van der Waals surface area contributed by atoms with Crippen LogP contribution in [0.5, 0.6) is 0 Å². The quantitative estimate of drug-likeness (QED) is 0.460. The average molecular weight is 590 g/mol. The predicted molar refractivity (Wildman–Crippen MR) is 145 cm³/mol. The largest absolute Gasteiger partial charge is 0.465 e. The first-order valence-corrected chi connectivity index (χ1v) is 15.0. The molecule has 2 fully saturated rings.